The molecule has 1 aromatic heterocycles. The molecule has 0 saturated heterocycles. The van der Waals surface area contributed by atoms with Crippen molar-refractivity contribution < 1.29 is 0 Å². The molecule has 35 heavy (non-hydrogen) atoms. The quantitative estimate of drug-likeness (QED) is 0.118. The third-order valence-electron chi connectivity index (χ3n) is 8.75. The van der Waals surface area contributed by atoms with Crippen molar-refractivity contribution in [2.75, 3.05) is 0 Å². The van der Waals surface area contributed by atoms with Crippen LogP contribution in [0, 0.1) is 5.92 Å². The summed E-state index contributed by atoms with van der Waals surface area (Å²) in [4.78, 5) is 4.40. The van der Waals surface area contributed by atoms with Crippen LogP contribution in [-0.2, 0) is 5.54 Å². The predicted molar refractivity (Wildman–Crippen MR) is 157 cm³/mol. The van der Waals surface area contributed by atoms with Crippen LogP contribution in [-0.4, -0.2) is 9.55 Å². The average Bonchev–Trinajstić information content (AvgIpc) is 3.42. The van der Waals surface area contributed by atoms with Gasteiger partial charge in [-0.3, -0.25) is 0 Å². The number of unbranched alkanes of at least 4 members (excludes halogenated alkanes) is 19. The largest absolute Gasteiger partial charge is 0.331 e. The molecule has 0 amide bonds. The molecule has 206 valence electrons. The van der Waals surface area contributed by atoms with Crippen LogP contribution in [0.15, 0.2) is 18.7 Å². The van der Waals surface area contributed by atoms with E-state index in [9.17, 15) is 0 Å². The highest BCUT2D eigenvalue weighted by molar-refractivity contribution is 4.93. The molecule has 0 saturated carbocycles. The minimum atomic E-state index is 0.217. The third-order valence-corrected chi connectivity index (χ3v) is 8.75. The lowest BCUT2D eigenvalue weighted by molar-refractivity contribution is 0.153. The number of imidazole rings is 1. The highest BCUT2D eigenvalue weighted by Crippen LogP contribution is 2.37. The summed E-state index contributed by atoms with van der Waals surface area (Å²) in [7, 11) is 0. The Bertz CT molecular complexity index is 537. The van der Waals surface area contributed by atoms with Crippen molar-refractivity contribution in [2.45, 2.75) is 187 Å². The molecule has 1 aromatic rings. The van der Waals surface area contributed by atoms with Crippen LogP contribution >= 0.6 is 0 Å². The average molecular weight is 489 g/mol. The molecule has 2 unspecified atom stereocenters. The Balaban J connectivity index is 2.29. The van der Waals surface area contributed by atoms with Gasteiger partial charge in [-0.1, -0.05) is 156 Å². The molecular weight excluding hydrogens is 424 g/mol. The Morgan fingerprint density at radius 1 is 0.571 bits per heavy atom. The summed E-state index contributed by atoms with van der Waals surface area (Å²) in [5.74, 6) is 0.773. The summed E-state index contributed by atoms with van der Waals surface area (Å²) in [5, 5.41) is 0. The molecule has 2 heteroatoms. The molecule has 0 aliphatic rings. The van der Waals surface area contributed by atoms with Gasteiger partial charge in [-0.15, -0.1) is 0 Å². The normalized spacial score (nSPS) is 14.3. The number of aromatic nitrogens is 2. The van der Waals surface area contributed by atoms with E-state index >= 15 is 0 Å². The first kappa shape index (κ1) is 32.2. The van der Waals surface area contributed by atoms with Gasteiger partial charge in [0.15, 0.2) is 0 Å². The number of hydrogen-bond acceptors (Lipinski definition) is 1. The number of rotatable bonds is 26. The zero-order valence-corrected chi connectivity index (χ0v) is 24.7. The Morgan fingerprint density at radius 3 is 1.26 bits per heavy atom. The van der Waals surface area contributed by atoms with Crippen molar-refractivity contribution in [3.8, 4) is 0 Å². The van der Waals surface area contributed by atoms with Gasteiger partial charge >= 0.3 is 0 Å². The van der Waals surface area contributed by atoms with Gasteiger partial charge in [-0.05, 0) is 32.1 Å². The maximum atomic E-state index is 4.40. The van der Waals surface area contributed by atoms with E-state index in [0.29, 0.717) is 0 Å². The van der Waals surface area contributed by atoms with E-state index in [1.807, 2.05) is 6.20 Å². The lowest BCUT2D eigenvalue weighted by atomic mass is 9.76. The molecular formula is C33H64N2. The maximum Gasteiger partial charge on any atom is 0.0951 e. The summed E-state index contributed by atoms with van der Waals surface area (Å²) in [5.41, 5.74) is 0.217. The Morgan fingerprint density at radius 2 is 0.943 bits per heavy atom. The molecule has 0 spiro atoms. The van der Waals surface area contributed by atoms with Crippen LogP contribution < -0.4 is 0 Å². The van der Waals surface area contributed by atoms with Crippen molar-refractivity contribution in [1.29, 1.82) is 0 Å². The van der Waals surface area contributed by atoms with Crippen molar-refractivity contribution in [2.24, 2.45) is 5.92 Å². The molecule has 1 rings (SSSR count). The summed E-state index contributed by atoms with van der Waals surface area (Å²) >= 11 is 0. The Hall–Kier alpha value is -0.790. The maximum absolute atomic E-state index is 4.40. The molecule has 1 heterocycles. The minimum absolute atomic E-state index is 0.217. The molecule has 2 nitrogen and oxygen atoms in total. The minimum Gasteiger partial charge on any atom is -0.331 e. The third kappa shape index (κ3) is 15.1. The van der Waals surface area contributed by atoms with E-state index in [1.54, 1.807) is 0 Å². The lowest BCUT2D eigenvalue weighted by Crippen LogP contribution is -2.37. The standard InChI is InChI=1S/C33H64N2/c1-5-8-10-12-14-16-17-18-20-22-24-26-28-32(33(4,7-3)35-30-29-34-31-35)27-25-23-21-19-15-13-11-9-6-2/h29-32H,5-28H2,1-4H3. The Labute approximate surface area is 221 Å². The van der Waals surface area contributed by atoms with Crippen molar-refractivity contribution in [3.63, 3.8) is 0 Å². The Kier molecular flexibility index (Phi) is 20.6. The van der Waals surface area contributed by atoms with Crippen LogP contribution in [0.4, 0.5) is 0 Å². The van der Waals surface area contributed by atoms with Crippen LogP contribution in [0.5, 0.6) is 0 Å². The number of hydrogen-bond donors (Lipinski definition) is 0. The molecule has 2 atom stereocenters. The molecule has 0 aliphatic heterocycles. The van der Waals surface area contributed by atoms with Crippen molar-refractivity contribution in [3.05, 3.63) is 18.7 Å². The van der Waals surface area contributed by atoms with E-state index in [4.69, 9.17) is 0 Å². The van der Waals surface area contributed by atoms with Gasteiger partial charge in [-0.25, -0.2) is 4.98 Å². The second kappa shape index (κ2) is 22.4. The lowest BCUT2D eigenvalue weighted by Gasteiger charge is -2.39. The fraction of sp³-hybridized carbons (Fsp3) is 0.909. The van der Waals surface area contributed by atoms with Gasteiger partial charge < -0.3 is 4.57 Å². The van der Waals surface area contributed by atoms with E-state index < -0.39 is 0 Å². The monoisotopic (exact) mass is 489 g/mol. The summed E-state index contributed by atoms with van der Waals surface area (Å²) < 4.78 is 2.42. The molecule has 0 aliphatic carbocycles. The second-order valence-corrected chi connectivity index (χ2v) is 11.7. The molecule has 0 N–H and O–H groups in total. The first-order valence-electron chi connectivity index (χ1n) is 16.2. The fourth-order valence-corrected chi connectivity index (χ4v) is 5.94. The first-order valence-corrected chi connectivity index (χ1v) is 16.2. The first-order chi connectivity index (χ1) is 17.2. The highest BCUT2D eigenvalue weighted by atomic mass is 15.1. The van der Waals surface area contributed by atoms with Gasteiger partial charge in [0.25, 0.3) is 0 Å². The zero-order chi connectivity index (χ0) is 25.5. The van der Waals surface area contributed by atoms with Gasteiger partial charge in [0, 0.05) is 17.9 Å². The smallest absolute Gasteiger partial charge is 0.0951 e. The van der Waals surface area contributed by atoms with Gasteiger partial charge in [0.2, 0.25) is 0 Å². The van der Waals surface area contributed by atoms with Gasteiger partial charge in [0.05, 0.1) is 6.33 Å². The topological polar surface area (TPSA) is 17.8 Å². The zero-order valence-electron chi connectivity index (χ0n) is 24.7. The SMILES string of the molecule is CCCCCCCCCCCCCCC(CCCCCCCCCCC)C(C)(CC)n1ccnc1. The van der Waals surface area contributed by atoms with Crippen LogP contribution in [0.3, 0.4) is 0 Å². The predicted octanol–water partition coefficient (Wildman–Crippen LogP) is 11.6. The highest BCUT2D eigenvalue weighted by Gasteiger charge is 2.33. The van der Waals surface area contributed by atoms with E-state index in [-0.39, 0.29) is 5.54 Å². The number of nitrogens with zero attached hydrogens (tertiary/aromatic N) is 2. The molecule has 0 aromatic carbocycles. The molecule has 0 fully saturated rings. The van der Waals surface area contributed by atoms with Crippen molar-refractivity contribution >= 4 is 0 Å². The van der Waals surface area contributed by atoms with Crippen LogP contribution in [0.2, 0.25) is 0 Å². The van der Waals surface area contributed by atoms with Crippen LogP contribution in [0.1, 0.15) is 182 Å². The summed E-state index contributed by atoms with van der Waals surface area (Å²) in [6.45, 7) is 9.49. The second-order valence-electron chi connectivity index (χ2n) is 11.7. The van der Waals surface area contributed by atoms with Gasteiger partial charge in [-0.2, -0.15) is 0 Å². The van der Waals surface area contributed by atoms with E-state index in [2.05, 4.69) is 49.8 Å². The van der Waals surface area contributed by atoms with Gasteiger partial charge in [0.1, 0.15) is 0 Å². The molecule has 0 bridgehead atoms. The van der Waals surface area contributed by atoms with E-state index in [0.717, 1.165) is 5.92 Å². The summed E-state index contributed by atoms with van der Waals surface area (Å²) in [6.07, 6.45) is 40.3. The molecule has 0 radical (unpaired) electrons. The van der Waals surface area contributed by atoms with E-state index in [1.165, 1.54) is 154 Å². The van der Waals surface area contributed by atoms with Crippen molar-refractivity contribution in [1.82, 2.24) is 9.55 Å². The fourth-order valence-electron chi connectivity index (χ4n) is 5.94. The van der Waals surface area contributed by atoms with Crippen LogP contribution in [0.25, 0.3) is 0 Å². The summed E-state index contributed by atoms with van der Waals surface area (Å²) in [6, 6.07) is 0.